The maximum Gasteiger partial charge on any atom is 0.322 e. The predicted molar refractivity (Wildman–Crippen MR) is 144 cm³/mol. The molecule has 0 saturated heterocycles. The molecule has 0 atom stereocenters. The monoisotopic (exact) mass is 500 g/mol. The van der Waals surface area contributed by atoms with E-state index in [2.05, 4.69) is 64.7 Å². The summed E-state index contributed by atoms with van der Waals surface area (Å²) in [7, 11) is 1.67. The molecule has 6 rings (SSSR count). The highest BCUT2D eigenvalue weighted by Gasteiger charge is 2.48. The molecule has 2 heterocycles. The van der Waals surface area contributed by atoms with Crippen molar-refractivity contribution >= 4 is 23.5 Å². The summed E-state index contributed by atoms with van der Waals surface area (Å²) in [6.07, 6.45) is 7.36. The molecule has 3 aromatic rings. The van der Waals surface area contributed by atoms with Crippen LogP contribution in [0.15, 0.2) is 53.7 Å². The summed E-state index contributed by atoms with van der Waals surface area (Å²) in [5.41, 5.74) is 6.63. The molecule has 186 valence electrons. The zero-order valence-corrected chi connectivity index (χ0v) is 21.7. The molecular formula is C29H32N4O2S. The van der Waals surface area contributed by atoms with Crippen molar-refractivity contribution in [3.05, 3.63) is 65.6 Å². The molecule has 1 spiro atoms. The highest BCUT2D eigenvalue weighted by molar-refractivity contribution is 7.99. The Bertz CT molecular complexity index is 1280. The quantitative estimate of drug-likeness (QED) is 0.386. The molecule has 2 amide bonds. The highest BCUT2D eigenvalue weighted by atomic mass is 32.2. The van der Waals surface area contributed by atoms with Gasteiger partial charge in [-0.1, -0.05) is 31.5 Å². The van der Waals surface area contributed by atoms with Crippen molar-refractivity contribution in [3.63, 3.8) is 0 Å². The Hall–Kier alpha value is -3.06. The van der Waals surface area contributed by atoms with Crippen LogP contribution < -0.4 is 15.0 Å². The average Bonchev–Trinajstić information content (AvgIpc) is 3.67. The number of ether oxygens (including phenoxy) is 1. The van der Waals surface area contributed by atoms with E-state index in [9.17, 15) is 4.79 Å². The van der Waals surface area contributed by atoms with Gasteiger partial charge < -0.3 is 10.1 Å². The van der Waals surface area contributed by atoms with E-state index in [1.54, 1.807) is 13.4 Å². The fourth-order valence-corrected chi connectivity index (χ4v) is 6.32. The van der Waals surface area contributed by atoms with Gasteiger partial charge in [0.2, 0.25) is 5.88 Å². The van der Waals surface area contributed by atoms with Crippen molar-refractivity contribution in [2.45, 2.75) is 61.8 Å². The average molecular weight is 501 g/mol. The number of aromatic nitrogens is 2. The number of thioether (sulfide) groups is 1. The zero-order valence-electron chi connectivity index (χ0n) is 20.9. The van der Waals surface area contributed by atoms with Crippen LogP contribution in [0.3, 0.4) is 0 Å². The number of carbonyl (C=O) groups is 1. The van der Waals surface area contributed by atoms with E-state index < -0.39 is 0 Å². The van der Waals surface area contributed by atoms with E-state index >= 15 is 0 Å². The molecule has 7 heteroatoms. The van der Waals surface area contributed by atoms with Gasteiger partial charge >= 0.3 is 6.03 Å². The summed E-state index contributed by atoms with van der Waals surface area (Å²) in [4.78, 5) is 25.6. The molecule has 2 saturated carbocycles. The summed E-state index contributed by atoms with van der Waals surface area (Å²) in [5, 5.41) is 3.16. The van der Waals surface area contributed by atoms with Gasteiger partial charge in [0.1, 0.15) is 6.33 Å². The largest absolute Gasteiger partial charge is 0.480 e. The molecule has 6 nitrogen and oxygen atoms in total. The summed E-state index contributed by atoms with van der Waals surface area (Å²) >= 11 is 1.83. The lowest BCUT2D eigenvalue weighted by atomic mass is 9.65. The number of urea groups is 1. The van der Waals surface area contributed by atoms with Gasteiger partial charge in [-0.25, -0.2) is 14.8 Å². The van der Waals surface area contributed by atoms with Crippen LogP contribution in [0.2, 0.25) is 0 Å². The van der Waals surface area contributed by atoms with Crippen molar-refractivity contribution < 1.29 is 9.53 Å². The Labute approximate surface area is 216 Å². The first-order valence-electron chi connectivity index (χ1n) is 12.9. The molecule has 0 bridgehead atoms. The number of amides is 2. The summed E-state index contributed by atoms with van der Waals surface area (Å²) in [6.45, 7) is 3.42. The second-order valence-electron chi connectivity index (χ2n) is 10.1. The third-order valence-electron chi connectivity index (χ3n) is 7.84. The lowest BCUT2D eigenvalue weighted by molar-refractivity contribution is 0.235. The Kier molecular flexibility index (Phi) is 6.12. The Morgan fingerprint density at radius 2 is 1.97 bits per heavy atom. The van der Waals surface area contributed by atoms with E-state index in [0.29, 0.717) is 18.3 Å². The van der Waals surface area contributed by atoms with Crippen molar-refractivity contribution in [1.29, 1.82) is 0 Å². The lowest BCUT2D eigenvalue weighted by Crippen LogP contribution is -2.45. The van der Waals surface area contributed by atoms with E-state index in [4.69, 9.17) is 4.74 Å². The molecule has 1 aliphatic heterocycles. The third kappa shape index (κ3) is 4.13. The Morgan fingerprint density at radius 1 is 1.17 bits per heavy atom. The van der Waals surface area contributed by atoms with Gasteiger partial charge in [0.15, 0.2) is 0 Å². The molecule has 3 aliphatic rings. The number of nitrogens with one attached hydrogen (secondary N) is 1. The standard InChI is InChI=1S/C29H32N4O2S/c1-3-36-22-10-5-19(6-11-22)16-30-28(34)33-17-29(13-4-14-29)23-15-21(9-12-24(23)33)25-26(20-7-8-20)31-18-32-27(25)35-2/h5-6,9-12,15,18,20H,3-4,7-8,13-14,16-17H2,1-2H3,(H,30,34). The molecule has 1 aromatic heterocycles. The number of rotatable bonds is 7. The smallest absolute Gasteiger partial charge is 0.322 e. The van der Waals surface area contributed by atoms with Crippen LogP contribution in [0.5, 0.6) is 5.88 Å². The van der Waals surface area contributed by atoms with Gasteiger partial charge in [0.05, 0.1) is 18.4 Å². The van der Waals surface area contributed by atoms with Crippen molar-refractivity contribution in [1.82, 2.24) is 15.3 Å². The van der Waals surface area contributed by atoms with Gasteiger partial charge in [-0.05, 0) is 72.4 Å². The fraction of sp³-hybridized carbons (Fsp3) is 0.414. The van der Waals surface area contributed by atoms with Crippen LogP contribution in [0.1, 0.15) is 61.8 Å². The van der Waals surface area contributed by atoms with E-state index in [-0.39, 0.29) is 11.4 Å². The van der Waals surface area contributed by atoms with Crippen molar-refractivity contribution in [2.24, 2.45) is 0 Å². The number of hydrogen-bond donors (Lipinski definition) is 1. The number of fused-ring (bicyclic) bond motifs is 2. The number of carbonyl (C=O) groups excluding carboxylic acids is 1. The van der Waals surface area contributed by atoms with Crippen LogP contribution in [0.4, 0.5) is 10.5 Å². The molecule has 2 aliphatic carbocycles. The third-order valence-corrected chi connectivity index (χ3v) is 8.74. The number of benzene rings is 2. The Morgan fingerprint density at radius 3 is 2.64 bits per heavy atom. The van der Waals surface area contributed by atoms with Crippen molar-refractivity contribution in [3.8, 4) is 17.0 Å². The normalized spacial score (nSPS) is 17.6. The zero-order chi connectivity index (χ0) is 24.7. The topological polar surface area (TPSA) is 67.4 Å². The van der Waals surface area contributed by atoms with Crippen LogP contribution in [0.25, 0.3) is 11.1 Å². The van der Waals surface area contributed by atoms with Gasteiger partial charge in [0.25, 0.3) is 0 Å². The van der Waals surface area contributed by atoms with E-state index in [1.807, 2.05) is 16.7 Å². The van der Waals surface area contributed by atoms with Crippen LogP contribution in [0, 0.1) is 0 Å². The summed E-state index contributed by atoms with van der Waals surface area (Å²) in [6, 6.07) is 14.9. The van der Waals surface area contributed by atoms with Crippen LogP contribution >= 0.6 is 11.8 Å². The van der Waals surface area contributed by atoms with E-state index in [0.717, 1.165) is 66.1 Å². The SMILES string of the molecule is CCSc1ccc(CNC(=O)N2CC3(CCC3)c3cc(-c4c(OC)ncnc4C4CC4)ccc32)cc1. The van der Waals surface area contributed by atoms with Gasteiger partial charge in [-0.2, -0.15) is 0 Å². The second kappa shape index (κ2) is 9.43. The van der Waals surface area contributed by atoms with Crippen molar-refractivity contribution in [2.75, 3.05) is 24.3 Å². The first kappa shape index (κ1) is 23.3. The molecule has 36 heavy (non-hydrogen) atoms. The van der Waals surface area contributed by atoms with Crippen LogP contribution in [-0.2, 0) is 12.0 Å². The summed E-state index contributed by atoms with van der Waals surface area (Å²) < 4.78 is 5.66. The molecular weight excluding hydrogens is 468 g/mol. The minimum atomic E-state index is -0.0286. The minimum Gasteiger partial charge on any atom is -0.480 e. The number of hydrogen-bond acceptors (Lipinski definition) is 5. The van der Waals surface area contributed by atoms with Crippen LogP contribution in [-0.4, -0.2) is 35.4 Å². The second-order valence-corrected chi connectivity index (χ2v) is 11.4. The highest BCUT2D eigenvalue weighted by Crippen LogP contribution is 2.54. The number of anilines is 1. The number of methoxy groups -OCH3 is 1. The molecule has 2 aromatic carbocycles. The minimum absolute atomic E-state index is 0.0286. The fourth-order valence-electron chi connectivity index (χ4n) is 5.65. The van der Waals surface area contributed by atoms with Gasteiger partial charge in [-0.15, -0.1) is 11.8 Å². The Balaban J connectivity index is 1.27. The van der Waals surface area contributed by atoms with E-state index in [1.165, 1.54) is 16.9 Å². The molecule has 0 unspecified atom stereocenters. The summed E-state index contributed by atoms with van der Waals surface area (Å²) in [5.74, 6) is 2.17. The maximum absolute atomic E-state index is 13.4. The predicted octanol–water partition coefficient (Wildman–Crippen LogP) is 6.29. The molecule has 2 fully saturated rings. The first-order chi connectivity index (χ1) is 17.6. The molecule has 1 N–H and O–H groups in total. The van der Waals surface area contributed by atoms with Gasteiger partial charge in [-0.3, -0.25) is 4.90 Å². The lowest BCUT2D eigenvalue weighted by Gasteiger charge is -2.39. The van der Waals surface area contributed by atoms with Gasteiger partial charge in [0, 0.05) is 35.0 Å². The number of nitrogens with zero attached hydrogens (tertiary/aromatic N) is 3. The first-order valence-corrected chi connectivity index (χ1v) is 13.9. The molecule has 0 radical (unpaired) electrons. The maximum atomic E-state index is 13.4.